The van der Waals surface area contributed by atoms with Crippen molar-refractivity contribution >= 4 is 44.7 Å². The molecule has 2 heterocycles. The Balaban J connectivity index is 0.00000103. The Bertz CT molecular complexity index is 2010. The van der Waals surface area contributed by atoms with E-state index in [0.29, 0.717) is 25.5 Å². The van der Waals surface area contributed by atoms with E-state index in [1.54, 1.807) is 0 Å². The molecule has 0 saturated heterocycles. The number of benzene rings is 4. The van der Waals surface area contributed by atoms with Gasteiger partial charge in [-0.2, -0.15) is 4.37 Å². The topological polar surface area (TPSA) is 71.7 Å². The highest BCUT2D eigenvalue weighted by Gasteiger charge is 2.36. The molecule has 1 aromatic heterocycles. The normalized spacial score (nSPS) is 15.9. The van der Waals surface area contributed by atoms with E-state index in [1.165, 1.54) is 22.7 Å². The summed E-state index contributed by atoms with van der Waals surface area (Å²) in [5, 5.41) is 0.900. The minimum atomic E-state index is -0.624. The molecular weight excluding hydrogens is 685 g/mol. The average molecular weight is 743 g/mol. The van der Waals surface area contributed by atoms with Gasteiger partial charge >= 0.3 is 0 Å². The molecule has 1 unspecified atom stereocenters. The summed E-state index contributed by atoms with van der Waals surface area (Å²) in [5.74, 6) is 1.23. The molecule has 2 N–H and O–H groups in total. The number of rotatable bonds is 8. The number of aryl methyl sites for hydroxylation is 1. The summed E-state index contributed by atoms with van der Waals surface area (Å²) in [7, 11) is 0. The van der Waals surface area contributed by atoms with Crippen molar-refractivity contribution < 1.29 is 9.53 Å². The third-order valence-electron chi connectivity index (χ3n) is 9.15. The zero-order valence-electron chi connectivity index (χ0n) is 33.2. The average Bonchev–Trinajstić information content (AvgIpc) is 3.68. The molecule has 1 atom stereocenters. The predicted octanol–water partition coefficient (Wildman–Crippen LogP) is 12.2. The summed E-state index contributed by atoms with van der Waals surface area (Å²) in [6, 6.07) is 30.6. The number of anilines is 3. The lowest BCUT2D eigenvalue weighted by Crippen LogP contribution is -2.51. The molecule has 0 spiro atoms. The van der Waals surface area contributed by atoms with Crippen LogP contribution in [0.25, 0.3) is 21.2 Å². The summed E-state index contributed by atoms with van der Waals surface area (Å²) >= 11 is 1.39. The molecule has 7 heteroatoms. The van der Waals surface area contributed by atoms with Gasteiger partial charge in [0.25, 0.3) is 5.91 Å². The Morgan fingerprint density at radius 1 is 0.907 bits per heavy atom. The minimum Gasteiger partial charge on any atom is -0.490 e. The van der Waals surface area contributed by atoms with Crippen molar-refractivity contribution in [1.29, 1.82) is 0 Å². The fraction of sp³-hybridized carbons (Fsp3) is 0.319. The molecule has 4 aromatic carbocycles. The number of hydrogen-bond donors (Lipinski definition) is 1. The number of nitrogens with zero attached hydrogens (tertiary/aromatic N) is 3. The fourth-order valence-corrected chi connectivity index (χ4v) is 7.34. The second-order valence-electron chi connectivity index (χ2n) is 12.2. The van der Waals surface area contributed by atoms with Crippen molar-refractivity contribution in [3.05, 3.63) is 138 Å². The molecule has 284 valence electrons. The summed E-state index contributed by atoms with van der Waals surface area (Å²) in [4.78, 5) is 19.4. The van der Waals surface area contributed by atoms with Crippen LogP contribution in [0.2, 0.25) is 0 Å². The van der Waals surface area contributed by atoms with Crippen LogP contribution in [0.5, 0.6) is 5.75 Å². The number of carbonyl (C=O) groups excluding carboxylic acids is 1. The Morgan fingerprint density at radius 2 is 1.65 bits per heavy atom. The zero-order chi connectivity index (χ0) is 38.9. The number of aromatic nitrogens is 1. The first-order valence-corrected chi connectivity index (χ1v) is 20.5. The molecule has 1 amide bonds. The van der Waals surface area contributed by atoms with Crippen LogP contribution in [-0.4, -0.2) is 29.5 Å². The standard InChI is InChI=1S/C41H40N4O2S.3C2H6/c1-2-30-16-12-13-19-34(30)32-20-22-36-37(26-32)47-25-24-44(36)41(46)39(31-17-10-5-3-4-6-11-18-31)45(28-29-14-8-7-9-15-29)33-21-23-38-35(27-33)40(42)43-48-38;3*1-2/h5,7-23,26-27,39H,2-4,6,24-25,28H2,1H3,(H2,42,43);3*1-2H3/b10-5+,18-11-,31-17+;;;. The SMILES string of the molecule is CC.CC.CC.CCc1ccccc1-c1ccc2c(c1)OCCN2C(=O)C(C1=C/C=C/CCC/C=C\1)N(Cc1ccccc1)c1ccc2snc(N)c2c1. The maximum absolute atomic E-state index is 15.3. The van der Waals surface area contributed by atoms with Crippen LogP contribution < -0.4 is 20.3 Å². The van der Waals surface area contributed by atoms with Gasteiger partial charge in [-0.1, -0.05) is 140 Å². The number of nitrogens with two attached hydrogens (primary N) is 1. The smallest absolute Gasteiger partial charge is 0.254 e. The van der Waals surface area contributed by atoms with E-state index in [9.17, 15) is 0 Å². The zero-order valence-corrected chi connectivity index (χ0v) is 34.0. The van der Waals surface area contributed by atoms with Gasteiger partial charge in [0.15, 0.2) is 0 Å². The lowest BCUT2D eigenvalue weighted by molar-refractivity contribution is -0.119. The van der Waals surface area contributed by atoms with E-state index < -0.39 is 6.04 Å². The fourth-order valence-electron chi connectivity index (χ4n) is 6.65. The van der Waals surface area contributed by atoms with Crippen molar-refractivity contribution in [2.24, 2.45) is 0 Å². The molecule has 54 heavy (non-hydrogen) atoms. The maximum Gasteiger partial charge on any atom is 0.254 e. The van der Waals surface area contributed by atoms with E-state index in [2.05, 4.69) is 113 Å². The second-order valence-corrected chi connectivity index (χ2v) is 13.0. The first kappa shape index (κ1) is 41.6. The molecule has 0 fully saturated rings. The predicted molar refractivity (Wildman–Crippen MR) is 234 cm³/mol. The summed E-state index contributed by atoms with van der Waals surface area (Å²) in [6.07, 6.45) is 14.7. The molecule has 1 aliphatic heterocycles. The van der Waals surface area contributed by atoms with Gasteiger partial charge in [-0.25, -0.2) is 0 Å². The lowest BCUT2D eigenvalue weighted by atomic mass is 9.96. The quantitative estimate of drug-likeness (QED) is 0.171. The number of fused-ring (bicyclic) bond motifs is 2. The summed E-state index contributed by atoms with van der Waals surface area (Å²) in [6.45, 7) is 15.6. The van der Waals surface area contributed by atoms with E-state index >= 15 is 4.79 Å². The van der Waals surface area contributed by atoms with Crippen LogP contribution in [-0.2, 0) is 17.8 Å². The van der Waals surface area contributed by atoms with Crippen molar-refractivity contribution in [2.75, 3.05) is 28.7 Å². The Morgan fingerprint density at radius 3 is 2.43 bits per heavy atom. The monoisotopic (exact) mass is 742 g/mol. The third-order valence-corrected chi connectivity index (χ3v) is 9.99. The van der Waals surface area contributed by atoms with Gasteiger partial charge in [-0.15, -0.1) is 0 Å². The van der Waals surface area contributed by atoms with Gasteiger partial charge in [0.1, 0.15) is 24.2 Å². The number of amides is 1. The third kappa shape index (κ3) is 9.88. The van der Waals surface area contributed by atoms with Crippen molar-refractivity contribution in [3.63, 3.8) is 0 Å². The Labute approximate surface area is 327 Å². The molecule has 7 rings (SSSR count). The van der Waals surface area contributed by atoms with Crippen LogP contribution in [0.4, 0.5) is 17.2 Å². The van der Waals surface area contributed by atoms with Gasteiger partial charge in [-0.05, 0) is 95.4 Å². The van der Waals surface area contributed by atoms with E-state index in [0.717, 1.165) is 69.6 Å². The first-order valence-electron chi connectivity index (χ1n) is 19.8. The van der Waals surface area contributed by atoms with E-state index in [1.807, 2.05) is 70.7 Å². The van der Waals surface area contributed by atoms with Crippen LogP contribution in [0.1, 0.15) is 78.9 Å². The second kappa shape index (κ2) is 21.5. The number of hydrogen-bond acceptors (Lipinski definition) is 6. The summed E-state index contributed by atoms with van der Waals surface area (Å²) < 4.78 is 11.7. The molecule has 5 aromatic rings. The van der Waals surface area contributed by atoms with Gasteiger partial charge in [-0.3, -0.25) is 4.79 Å². The number of allylic oxidation sites excluding steroid dienone is 4. The Hall–Kier alpha value is -5.14. The van der Waals surface area contributed by atoms with Crippen LogP contribution in [0.15, 0.2) is 127 Å². The molecule has 2 aliphatic rings. The van der Waals surface area contributed by atoms with Gasteiger partial charge in [0.05, 0.1) is 16.9 Å². The number of nitrogen functional groups attached to an aromatic ring is 1. The summed E-state index contributed by atoms with van der Waals surface area (Å²) in [5.41, 5.74) is 13.6. The van der Waals surface area contributed by atoms with Crippen molar-refractivity contribution in [2.45, 2.75) is 86.7 Å². The number of carbonyl (C=O) groups is 1. The van der Waals surface area contributed by atoms with Crippen LogP contribution >= 0.6 is 11.5 Å². The van der Waals surface area contributed by atoms with Gasteiger partial charge in [0.2, 0.25) is 0 Å². The lowest BCUT2D eigenvalue weighted by Gasteiger charge is -2.39. The first-order chi connectivity index (χ1) is 26.6. The Kier molecular flexibility index (Phi) is 16.6. The largest absolute Gasteiger partial charge is 0.490 e. The highest BCUT2D eigenvalue weighted by Crippen LogP contribution is 2.39. The van der Waals surface area contributed by atoms with E-state index in [4.69, 9.17) is 10.5 Å². The van der Waals surface area contributed by atoms with Crippen molar-refractivity contribution in [3.8, 4) is 16.9 Å². The van der Waals surface area contributed by atoms with Gasteiger partial charge < -0.3 is 20.3 Å². The maximum atomic E-state index is 15.3. The van der Waals surface area contributed by atoms with E-state index in [-0.39, 0.29) is 5.91 Å². The highest BCUT2D eigenvalue weighted by atomic mass is 32.1. The molecule has 1 aliphatic carbocycles. The molecule has 0 saturated carbocycles. The van der Waals surface area contributed by atoms with Crippen molar-refractivity contribution in [1.82, 2.24) is 4.37 Å². The molecular formula is C47H58N4O2S. The highest BCUT2D eigenvalue weighted by molar-refractivity contribution is 7.13. The van der Waals surface area contributed by atoms with Gasteiger partial charge in [0, 0.05) is 17.6 Å². The molecule has 0 radical (unpaired) electrons. The molecule has 0 bridgehead atoms. The number of ether oxygens (including phenoxy) is 1. The van der Waals surface area contributed by atoms with Crippen LogP contribution in [0.3, 0.4) is 0 Å². The van der Waals surface area contributed by atoms with Crippen LogP contribution in [0, 0.1) is 0 Å². The minimum absolute atomic E-state index is 0.00255. The molecule has 6 nitrogen and oxygen atoms in total.